The van der Waals surface area contributed by atoms with Crippen molar-refractivity contribution in [2.24, 2.45) is 5.92 Å². The number of hydrogen-bond donors (Lipinski definition) is 1. The molecule has 1 unspecified atom stereocenters. The lowest BCUT2D eigenvalue weighted by atomic mass is 9.98. The zero-order valence-electron chi connectivity index (χ0n) is 12.4. The average Bonchev–Trinajstić information content (AvgIpc) is 2.96. The van der Waals surface area contributed by atoms with Crippen molar-refractivity contribution in [3.05, 3.63) is 29.7 Å². The van der Waals surface area contributed by atoms with Crippen molar-refractivity contribution >= 4 is 17.5 Å². The number of rotatable bonds is 3. The minimum Gasteiger partial charge on any atom is -0.481 e. The van der Waals surface area contributed by atoms with Gasteiger partial charge < -0.3 is 10.0 Å². The molecule has 1 aliphatic rings. The van der Waals surface area contributed by atoms with Crippen LogP contribution in [0.5, 0.6) is 0 Å². The summed E-state index contributed by atoms with van der Waals surface area (Å²) in [5.41, 5.74) is 1.24. The van der Waals surface area contributed by atoms with E-state index < -0.39 is 11.9 Å². The first-order valence-corrected chi connectivity index (χ1v) is 7.46. The van der Waals surface area contributed by atoms with Crippen molar-refractivity contribution in [1.82, 2.24) is 19.5 Å². The third-order valence-electron chi connectivity index (χ3n) is 4.09. The molecule has 7 heteroatoms. The highest BCUT2D eigenvalue weighted by Crippen LogP contribution is 2.19. The molecule has 3 rings (SSSR count). The molecule has 22 heavy (non-hydrogen) atoms. The van der Waals surface area contributed by atoms with Crippen LogP contribution >= 0.6 is 0 Å². The summed E-state index contributed by atoms with van der Waals surface area (Å²) >= 11 is 0. The number of pyridine rings is 1. The maximum absolute atomic E-state index is 12.6. The van der Waals surface area contributed by atoms with Crippen molar-refractivity contribution in [2.45, 2.75) is 26.2 Å². The summed E-state index contributed by atoms with van der Waals surface area (Å²) in [7, 11) is 0. The molecular formula is C15H18N4O3. The molecule has 0 radical (unpaired) electrons. The second-order valence-corrected chi connectivity index (χ2v) is 5.54. The van der Waals surface area contributed by atoms with E-state index in [1.54, 1.807) is 23.2 Å². The fourth-order valence-corrected chi connectivity index (χ4v) is 2.85. The van der Waals surface area contributed by atoms with Crippen LogP contribution in [0.15, 0.2) is 18.3 Å². The van der Waals surface area contributed by atoms with Gasteiger partial charge in [-0.1, -0.05) is 6.92 Å². The predicted octanol–water partition coefficient (Wildman–Crippen LogP) is 1.23. The van der Waals surface area contributed by atoms with Gasteiger partial charge in [-0.2, -0.15) is 0 Å². The summed E-state index contributed by atoms with van der Waals surface area (Å²) in [6.07, 6.45) is 3.81. The van der Waals surface area contributed by atoms with Crippen LogP contribution in [0.3, 0.4) is 0 Å². The summed E-state index contributed by atoms with van der Waals surface area (Å²) < 4.78 is 1.81. The predicted molar refractivity (Wildman–Crippen MR) is 78.6 cm³/mol. The van der Waals surface area contributed by atoms with E-state index in [1.165, 1.54) is 0 Å². The van der Waals surface area contributed by atoms with E-state index in [-0.39, 0.29) is 12.5 Å². The van der Waals surface area contributed by atoms with Gasteiger partial charge in [0.1, 0.15) is 5.82 Å². The lowest BCUT2D eigenvalue weighted by Gasteiger charge is -2.30. The molecule has 2 aromatic rings. The molecule has 1 N–H and O–H groups in total. The number of carboxylic acids is 1. The van der Waals surface area contributed by atoms with Crippen LogP contribution in [0.4, 0.5) is 0 Å². The van der Waals surface area contributed by atoms with E-state index >= 15 is 0 Å². The van der Waals surface area contributed by atoms with Crippen LogP contribution in [0, 0.1) is 5.92 Å². The van der Waals surface area contributed by atoms with Gasteiger partial charge in [0.2, 0.25) is 0 Å². The SMILES string of the molecule is CCc1nnc2ccc(C(=O)N3CCCC(C(=O)O)C3)cn12. The Balaban J connectivity index is 1.86. The monoisotopic (exact) mass is 302 g/mol. The number of aliphatic carboxylic acids is 1. The van der Waals surface area contributed by atoms with Crippen LogP contribution in [0.2, 0.25) is 0 Å². The van der Waals surface area contributed by atoms with Crippen LogP contribution in [0.25, 0.3) is 5.65 Å². The van der Waals surface area contributed by atoms with Crippen molar-refractivity contribution in [3.8, 4) is 0 Å². The van der Waals surface area contributed by atoms with E-state index in [4.69, 9.17) is 5.11 Å². The Labute approximate surface area is 127 Å². The van der Waals surface area contributed by atoms with Crippen molar-refractivity contribution in [3.63, 3.8) is 0 Å². The molecule has 0 aliphatic carbocycles. The molecule has 116 valence electrons. The largest absolute Gasteiger partial charge is 0.481 e. The molecule has 1 aliphatic heterocycles. The molecule has 0 saturated carbocycles. The Kier molecular flexibility index (Phi) is 3.79. The second-order valence-electron chi connectivity index (χ2n) is 5.54. The first-order chi connectivity index (χ1) is 10.6. The highest BCUT2D eigenvalue weighted by Gasteiger charge is 2.28. The molecule has 0 aromatic carbocycles. The number of carboxylic acid groups (broad SMARTS) is 1. The molecule has 1 amide bonds. The lowest BCUT2D eigenvalue weighted by Crippen LogP contribution is -2.42. The van der Waals surface area contributed by atoms with Crippen molar-refractivity contribution in [1.29, 1.82) is 0 Å². The van der Waals surface area contributed by atoms with Gasteiger partial charge in [0, 0.05) is 25.7 Å². The molecule has 0 bridgehead atoms. The Morgan fingerprint density at radius 1 is 1.36 bits per heavy atom. The van der Waals surface area contributed by atoms with E-state index in [0.717, 1.165) is 18.7 Å². The highest BCUT2D eigenvalue weighted by molar-refractivity contribution is 5.94. The van der Waals surface area contributed by atoms with Gasteiger partial charge in [0.25, 0.3) is 5.91 Å². The summed E-state index contributed by atoms with van der Waals surface area (Å²) in [5, 5.41) is 17.3. The zero-order chi connectivity index (χ0) is 15.7. The van der Waals surface area contributed by atoms with Crippen LogP contribution in [-0.4, -0.2) is 49.6 Å². The molecule has 7 nitrogen and oxygen atoms in total. The Morgan fingerprint density at radius 3 is 2.91 bits per heavy atom. The van der Waals surface area contributed by atoms with Gasteiger partial charge in [0.05, 0.1) is 11.5 Å². The average molecular weight is 302 g/mol. The minimum atomic E-state index is -0.833. The summed E-state index contributed by atoms with van der Waals surface area (Å²) in [6, 6.07) is 3.48. The number of aryl methyl sites for hydroxylation is 1. The fourth-order valence-electron chi connectivity index (χ4n) is 2.85. The van der Waals surface area contributed by atoms with Gasteiger partial charge in [-0.25, -0.2) is 0 Å². The Morgan fingerprint density at radius 2 is 2.18 bits per heavy atom. The maximum Gasteiger partial charge on any atom is 0.308 e. The summed E-state index contributed by atoms with van der Waals surface area (Å²) in [6.45, 7) is 2.85. The van der Waals surface area contributed by atoms with E-state index in [1.807, 2.05) is 11.3 Å². The number of amides is 1. The molecular weight excluding hydrogens is 284 g/mol. The van der Waals surface area contributed by atoms with Crippen molar-refractivity contribution in [2.75, 3.05) is 13.1 Å². The fraction of sp³-hybridized carbons (Fsp3) is 0.467. The van der Waals surface area contributed by atoms with Crippen LogP contribution in [-0.2, 0) is 11.2 Å². The number of fused-ring (bicyclic) bond motifs is 1. The normalized spacial score (nSPS) is 18.6. The van der Waals surface area contributed by atoms with E-state index in [9.17, 15) is 9.59 Å². The quantitative estimate of drug-likeness (QED) is 0.921. The minimum absolute atomic E-state index is 0.136. The molecule has 0 spiro atoms. The summed E-state index contributed by atoms with van der Waals surface area (Å²) in [4.78, 5) is 25.4. The third-order valence-corrected chi connectivity index (χ3v) is 4.09. The number of nitrogens with zero attached hydrogens (tertiary/aromatic N) is 4. The molecule has 1 atom stereocenters. The molecule has 3 heterocycles. The highest BCUT2D eigenvalue weighted by atomic mass is 16.4. The maximum atomic E-state index is 12.6. The van der Waals surface area contributed by atoms with Gasteiger partial charge in [-0.3, -0.25) is 14.0 Å². The lowest BCUT2D eigenvalue weighted by molar-refractivity contribution is -0.143. The number of piperidine rings is 1. The number of carbonyl (C=O) groups excluding carboxylic acids is 1. The second kappa shape index (κ2) is 5.75. The zero-order valence-corrected chi connectivity index (χ0v) is 12.4. The molecule has 1 saturated heterocycles. The number of hydrogen-bond acceptors (Lipinski definition) is 4. The standard InChI is InChI=1S/C15H18N4O3/c1-2-12-16-17-13-6-5-10(9-19(12)13)14(20)18-7-3-4-11(8-18)15(21)22/h5-6,9,11H,2-4,7-8H2,1H3,(H,21,22). The number of carbonyl (C=O) groups is 2. The summed E-state index contributed by atoms with van der Waals surface area (Å²) in [5.74, 6) is -0.641. The Hall–Kier alpha value is -2.44. The Bertz CT molecular complexity index is 725. The smallest absolute Gasteiger partial charge is 0.308 e. The molecule has 1 fully saturated rings. The van der Waals surface area contributed by atoms with Gasteiger partial charge in [-0.05, 0) is 25.0 Å². The van der Waals surface area contributed by atoms with Crippen LogP contribution in [0.1, 0.15) is 35.9 Å². The van der Waals surface area contributed by atoms with Gasteiger partial charge >= 0.3 is 5.97 Å². The van der Waals surface area contributed by atoms with Gasteiger partial charge in [-0.15, -0.1) is 10.2 Å². The van der Waals surface area contributed by atoms with Gasteiger partial charge in [0.15, 0.2) is 5.65 Å². The number of aromatic nitrogens is 3. The topological polar surface area (TPSA) is 87.8 Å². The van der Waals surface area contributed by atoms with Crippen LogP contribution < -0.4 is 0 Å². The van der Waals surface area contributed by atoms with E-state index in [2.05, 4.69) is 10.2 Å². The number of likely N-dealkylation sites (tertiary alicyclic amines) is 1. The molecule has 2 aromatic heterocycles. The van der Waals surface area contributed by atoms with Crippen molar-refractivity contribution < 1.29 is 14.7 Å². The van der Waals surface area contributed by atoms with E-state index in [0.29, 0.717) is 24.2 Å². The first kappa shape index (κ1) is 14.5. The third kappa shape index (κ3) is 2.54. The first-order valence-electron chi connectivity index (χ1n) is 7.46.